The second kappa shape index (κ2) is 22.0. The molecule has 0 spiro atoms. The lowest BCUT2D eigenvalue weighted by Crippen LogP contribution is -2.04. The Morgan fingerprint density at radius 2 is 0.838 bits per heavy atom. The third-order valence-corrected chi connectivity index (χ3v) is 13.9. The minimum atomic E-state index is 0.334. The van der Waals surface area contributed by atoms with E-state index in [-0.39, 0.29) is 0 Å². The average Bonchev–Trinajstić information content (AvgIpc) is 3.48. The maximum atomic E-state index is 5.33. The van der Waals surface area contributed by atoms with E-state index in [4.69, 9.17) is 9.98 Å². The second-order valence-electron chi connectivity index (χ2n) is 18.7. The van der Waals surface area contributed by atoms with Crippen molar-refractivity contribution >= 4 is 18.1 Å². The Morgan fingerprint density at radius 3 is 1.38 bits per heavy atom. The van der Waals surface area contributed by atoms with Gasteiger partial charge in [0.05, 0.1) is 29.3 Å². The zero-order chi connectivity index (χ0) is 50.1. The van der Waals surface area contributed by atoms with Crippen molar-refractivity contribution in [1.29, 1.82) is 0 Å². The van der Waals surface area contributed by atoms with Crippen LogP contribution in [-0.2, 0) is 6.54 Å². The fourth-order valence-electron chi connectivity index (χ4n) is 9.98. The van der Waals surface area contributed by atoms with E-state index in [1.165, 1.54) is 11.1 Å². The van der Waals surface area contributed by atoms with Crippen LogP contribution in [0.4, 0.5) is 0 Å². The minimum Gasteiger partial charge on any atom is -0.279 e. The molecule has 0 aliphatic heterocycles. The van der Waals surface area contributed by atoms with Gasteiger partial charge in [-0.25, -0.2) is 4.98 Å². The van der Waals surface area contributed by atoms with Gasteiger partial charge in [-0.05, 0) is 116 Å². The van der Waals surface area contributed by atoms with Gasteiger partial charge < -0.3 is 0 Å². The maximum absolute atomic E-state index is 5.33. The average molecular weight is 950 g/mol. The number of hydrogen-bond donors (Lipinski definition) is 0. The smallest absolute Gasteiger partial charge is 0.0732 e. The maximum Gasteiger partial charge on any atom is 0.0732 e. The monoisotopic (exact) mass is 949 g/mol. The van der Waals surface area contributed by atoms with Crippen molar-refractivity contribution in [2.75, 3.05) is 0 Å². The summed E-state index contributed by atoms with van der Waals surface area (Å²) in [4.78, 5) is 15.0. The van der Waals surface area contributed by atoms with Crippen LogP contribution in [0.2, 0.25) is 0 Å². The number of aromatic nitrogens is 1. The van der Waals surface area contributed by atoms with E-state index >= 15 is 0 Å². The molecule has 1 aliphatic rings. The van der Waals surface area contributed by atoms with E-state index < -0.39 is 0 Å². The van der Waals surface area contributed by atoms with Crippen molar-refractivity contribution in [2.24, 2.45) is 15.9 Å². The minimum absolute atomic E-state index is 0.334. The van der Waals surface area contributed by atoms with Gasteiger partial charge in [-0.2, -0.15) is 0 Å². The molecular formula is C71H55N3. The van der Waals surface area contributed by atoms with E-state index in [1.54, 1.807) is 0 Å². The highest BCUT2D eigenvalue weighted by atomic mass is 14.7. The molecule has 3 heteroatoms. The van der Waals surface area contributed by atoms with Crippen LogP contribution in [0, 0.1) is 5.92 Å². The number of pyridine rings is 1. The molecule has 1 aromatic heterocycles. The molecule has 10 aromatic rings. The largest absolute Gasteiger partial charge is 0.279 e. The molecule has 0 N–H and O–H groups in total. The zero-order valence-electron chi connectivity index (χ0n) is 41.5. The predicted molar refractivity (Wildman–Crippen MR) is 313 cm³/mol. The molecule has 1 heterocycles. The topological polar surface area (TPSA) is 37.6 Å². The highest BCUT2D eigenvalue weighted by molar-refractivity contribution is 6.13. The van der Waals surface area contributed by atoms with E-state index in [2.05, 4.69) is 280 Å². The lowest BCUT2D eigenvalue weighted by molar-refractivity contribution is 0.740. The van der Waals surface area contributed by atoms with Crippen LogP contribution >= 0.6 is 0 Å². The molecule has 0 amide bonds. The van der Waals surface area contributed by atoms with Gasteiger partial charge in [0.1, 0.15) is 0 Å². The summed E-state index contributed by atoms with van der Waals surface area (Å²) < 4.78 is 0. The fourth-order valence-corrected chi connectivity index (χ4v) is 9.98. The van der Waals surface area contributed by atoms with E-state index in [0.29, 0.717) is 12.5 Å². The molecule has 11 rings (SSSR count). The second-order valence-corrected chi connectivity index (χ2v) is 18.7. The van der Waals surface area contributed by atoms with Gasteiger partial charge in [-0.15, -0.1) is 0 Å². The molecule has 1 atom stereocenters. The van der Waals surface area contributed by atoms with Gasteiger partial charge in [-0.1, -0.05) is 244 Å². The van der Waals surface area contributed by atoms with Crippen LogP contribution in [0.1, 0.15) is 35.6 Å². The first-order valence-electron chi connectivity index (χ1n) is 25.5. The molecule has 0 radical (unpaired) electrons. The summed E-state index contributed by atoms with van der Waals surface area (Å²) in [5.41, 5.74) is 23.0. The number of hydrogen-bond acceptors (Lipinski definition) is 3. The molecule has 1 aliphatic carbocycles. The standard InChI is InChI=1S/C71H55N3/c1-3-51-21-13-14-34-67(51)71(72-2)57-41-37-53(38-42-57)58-26-15-28-60(43-58)62-30-17-32-64(45-62)66-47-68(54-22-9-5-10-23-54)74-69(48-66)65-33-18-31-63(46-65)61-29-16-27-59(44-61)52-35-39-56(40-36-52)70(55-24-11-6-12-25-55)73-49-50-19-7-4-8-20-50/h4-48,51H,2-3,49H2,1H3/b71-67-,73-70?. The molecule has 354 valence electrons. The molecule has 74 heavy (non-hydrogen) atoms. The Balaban J connectivity index is 0.879. The summed E-state index contributed by atoms with van der Waals surface area (Å²) in [6, 6.07) is 88.6. The number of nitrogens with zero attached hydrogens (tertiary/aromatic N) is 3. The van der Waals surface area contributed by atoms with Crippen molar-refractivity contribution < 1.29 is 0 Å². The van der Waals surface area contributed by atoms with Crippen molar-refractivity contribution in [1.82, 2.24) is 4.98 Å². The van der Waals surface area contributed by atoms with Crippen molar-refractivity contribution in [3.63, 3.8) is 0 Å². The van der Waals surface area contributed by atoms with Crippen molar-refractivity contribution in [3.8, 4) is 78.1 Å². The van der Waals surface area contributed by atoms with Crippen LogP contribution in [0.25, 0.3) is 83.8 Å². The summed E-state index contributed by atoms with van der Waals surface area (Å²) in [5.74, 6) is 0.334. The highest BCUT2D eigenvalue weighted by Crippen LogP contribution is 2.37. The molecule has 0 fully saturated rings. The van der Waals surface area contributed by atoms with Gasteiger partial charge in [0.2, 0.25) is 0 Å². The summed E-state index contributed by atoms with van der Waals surface area (Å²) >= 11 is 0. The summed E-state index contributed by atoms with van der Waals surface area (Å²) in [6.45, 7) is 6.78. The van der Waals surface area contributed by atoms with Crippen LogP contribution in [0.3, 0.4) is 0 Å². The number of rotatable bonds is 14. The Morgan fingerprint density at radius 1 is 0.405 bits per heavy atom. The molecule has 1 unspecified atom stereocenters. The lowest BCUT2D eigenvalue weighted by atomic mass is 9.88. The first-order valence-corrected chi connectivity index (χ1v) is 25.5. The Kier molecular flexibility index (Phi) is 14.0. The van der Waals surface area contributed by atoms with Gasteiger partial charge in [-0.3, -0.25) is 9.98 Å². The van der Waals surface area contributed by atoms with Crippen LogP contribution in [-0.4, -0.2) is 17.4 Å². The van der Waals surface area contributed by atoms with Crippen molar-refractivity contribution in [2.45, 2.75) is 19.9 Å². The van der Waals surface area contributed by atoms with Crippen LogP contribution < -0.4 is 0 Å². The van der Waals surface area contributed by atoms with Crippen LogP contribution in [0.15, 0.2) is 289 Å². The van der Waals surface area contributed by atoms with Gasteiger partial charge in [0.15, 0.2) is 0 Å². The number of aliphatic imine (C=N–C) groups is 2. The highest BCUT2D eigenvalue weighted by Gasteiger charge is 2.17. The van der Waals surface area contributed by atoms with Crippen molar-refractivity contribution in [3.05, 3.63) is 301 Å². The summed E-state index contributed by atoms with van der Waals surface area (Å²) in [7, 11) is 0. The predicted octanol–water partition coefficient (Wildman–Crippen LogP) is 18.4. The van der Waals surface area contributed by atoms with Crippen LogP contribution in [0.5, 0.6) is 0 Å². The lowest BCUT2D eigenvalue weighted by Gasteiger charge is -2.18. The Labute approximate surface area is 435 Å². The first kappa shape index (κ1) is 47.0. The fraction of sp³-hybridized carbons (Fsp3) is 0.0563. The number of allylic oxidation sites excluding steroid dienone is 5. The Hall–Kier alpha value is -9.31. The van der Waals surface area contributed by atoms with Gasteiger partial charge in [0.25, 0.3) is 0 Å². The first-order chi connectivity index (χ1) is 36.6. The zero-order valence-corrected chi connectivity index (χ0v) is 41.5. The normalized spacial score (nSPS) is 13.9. The third-order valence-electron chi connectivity index (χ3n) is 13.9. The third kappa shape index (κ3) is 10.5. The SMILES string of the molecule is C=N/C(=C1/C=CC=CC1CC)c1ccc(-c2cccc(-c3cccc(-c4cc(-c5ccccc5)nc(-c5cccc(-c6cccc(-c7ccc(C(=NCc8ccccc8)c8ccccc8)cc7)c6)c5)c4)c3)c2)cc1. The summed E-state index contributed by atoms with van der Waals surface area (Å²) in [6.07, 6.45) is 9.64. The molecular weight excluding hydrogens is 895 g/mol. The quantitative estimate of drug-likeness (QED) is 0.100. The summed E-state index contributed by atoms with van der Waals surface area (Å²) in [5, 5.41) is 0. The molecule has 0 bridgehead atoms. The van der Waals surface area contributed by atoms with E-state index in [9.17, 15) is 0 Å². The number of benzene rings is 9. The molecule has 0 saturated carbocycles. The molecule has 0 saturated heterocycles. The van der Waals surface area contributed by atoms with Gasteiger partial charge >= 0.3 is 0 Å². The molecule has 3 nitrogen and oxygen atoms in total. The Bertz CT molecular complexity index is 3710. The van der Waals surface area contributed by atoms with Gasteiger partial charge in [0, 0.05) is 33.7 Å². The molecule has 9 aromatic carbocycles. The van der Waals surface area contributed by atoms with E-state index in [1.807, 2.05) is 12.1 Å². The van der Waals surface area contributed by atoms with E-state index in [0.717, 1.165) is 113 Å².